The number of benzene rings is 2. The first-order valence-corrected chi connectivity index (χ1v) is 14.0. The summed E-state index contributed by atoms with van der Waals surface area (Å²) in [6.07, 6.45) is 1.61. The van der Waals surface area contributed by atoms with E-state index in [9.17, 15) is 19.2 Å². The van der Waals surface area contributed by atoms with E-state index in [1.807, 2.05) is 30.3 Å². The summed E-state index contributed by atoms with van der Waals surface area (Å²) in [5.74, 6) is -0.745. The second kappa shape index (κ2) is 13.5. The van der Waals surface area contributed by atoms with Gasteiger partial charge in [0.2, 0.25) is 5.88 Å². The van der Waals surface area contributed by atoms with E-state index in [0.717, 1.165) is 5.56 Å². The molecule has 11 heteroatoms. The van der Waals surface area contributed by atoms with E-state index in [1.54, 1.807) is 32.9 Å². The van der Waals surface area contributed by atoms with Crippen molar-refractivity contribution in [3.05, 3.63) is 98.9 Å². The summed E-state index contributed by atoms with van der Waals surface area (Å²) >= 11 is 6.36. The summed E-state index contributed by atoms with van der Waals surface area (Å²) in [7, 11) is 1.46. The van der Waals surface area contributed by atoms with Gasteiger partial charge < -0.3 is 25.1 Å². The summed E-state index contributed by atoms with van der Waals surface area (Å²) in [6, 6.07) is 17.1. The Hall–Kier alpha value is -4.70. The molecule has 2 amide bonds. The van der Waals surface area contributed by atoms with Crippen molar-refractivity contribution in [2.45, 2.75) is 45.1 Å². The van der Waals surface area contributed by atoms with Crippen LogP contribution >= 0.6 is 11.6 Å². The van der Waals surface area contributed by atoms with Crippen molar-refractivity contribution in [2.75, 3.05) is 19.0 Å². The van der Waals surface area contributed by atoms with Gasteiger partial charge >= 0.3 is 6.09 Å². The maximum Gasteiger partial charge on any atom is 0.407 e. The quantitative estimate of drug-likeness (QED) is 0.186. The molecule has 0 saturated heterocycles. The topological polar surface area (TPSA) is 139 Å². The number of pyridine rings is 2. The number of aromatic nitrogens is 2. The number of carbonyl (C=O) groups is 3. The maximum absolute atomic E-state index is 13.4. The minimum Gasteiger partial charge on any atom is -0.481 e. The largest absolute Gasteiger partial charge is 0.481 e. The van der Waals surface area contributed by atoms with Crippen LogP contribution in [0.1, 0.15) is 65.8 Å². The van der Waals surface area contributed by atoms with Crippen LogP contribution in [-0.4, -0.2) is 47.0 Å². The van der Waals surface area contributed by atoms with Crippen molar-refractivity contribution in [3.8, 4) is 5.88 Å². The number of hydrogen-bond donors (Lipinski definition) is 3. The number of halogens is 1. The fourth-order valence-electron chi connectivity index (χ4n) is 4.46. The van der Waals surface area contributed by atoms with Crippen LogP contribution < -0.4 is 20.9 Å². The molecule has 2 aromatic heterocycles. The highest BCUT2D eigenvalue weighted by molar-refractivity contribution is 6.34. The smallest absolute Gasteiger partial charge is 0.407 e. The van der Waals surface area contributed by atoms with Crippen molar-refractivity contribution in [3.63, 3.8) is 0 Å². The second-order valence-corrected chi connectivity index (χ2v) is 11.3. The van der Waals surface area contributed by atoms with Crippen LogP contribution in [0.4, 0.5) is 10.5 Å². The van der Waals surface area contributed by atoms with E-state index < -0.39 is 23.2 Å². The summed E-state index contributed by atoms with van der Waals surface area (Å²) in [4.78, 5) is 58.1. The number of fused-ring (bicyclic) bond motifs is 1. The van der Waals surface area contributed by atoms with Crippen LogP contribution in [0.2, 0.25) is 5.02 Å². The van der Waals surface area contributed by atoms with Crippen LogP contribution in [0.25, 0.3) is 10.9 Å². The summed E-state index contributed by atoms with van der Waals surface area (Å²) in [6.45, 7) is 5.67. The summed E-state index contributed by atoms with van der Waals surface area (Å²) in [5, 5.41) is 6.14. The molecular weight excluding hydrogens is 572 g/mol. The van der Waals surface area contributed by atoms with Gasteiger partial charge in [0.05, 0.1) is 23.3 Å². The van der Waals surface area contributed by atoms with Crippen molar-refractivity contribution < 1.29 is 23.9 Å². The number of amides is 2. The Bertz CT molecular complexity index is 1700. The van der Waals surface area contributed by atoms with Gasteiger partial charge in [-0.05, 0) is 62.9 Å². The van der Waals surface area contributed by atoms with Crippen LogP contribution in [0, 0.1) is 0 Å². The van der Waals surface area contributed by atoms with E-state index in [0.29, 0.717) is 35.3 Å². The molecule has 0 spiro atoms. The van der Waals surface area contributed by atoms with Gasteiger partial charge in [-0.1, -0.05) is 41.9 Å². The highest BCUT2D eigenvalue weighted by Gasteiger charge is 2.21. The Morgan fingerprint density at radius 3 is 2.49 bits per heavy atom. The lowest BCUT2D eigenvalue weighted by molar-refractivity contribution is 0.0526. The van der Waals surface area contributed by atoms with Gasteiger partial charge in [0.25, 0.3) is 11.5 Å². The number of anilines is 1. The van der Waals surface area contributed by atoms with Crippen LogP contribution in [-0.2, 0) is 4.74 Å². The highest BCUT2D eigenvalue weighted by Crippen LogP contribution is 2.29. The number of nitrogens with one attached hydrogen (secondary N) is 3. The van der Waals surface area contributed by atoms with E-state index in [1.165, 1.54) is 31.5 Å². The van der Waals surface area contributed by atoms with Crippen molar-refractivity contribution in [2.24, 2.45) is 0 Å². The van der Waals surface area contributed by atoms with Crippen molar-refractivity contribution in [1.29, 1.82) is 0 Å². The maximum atomic E-state index is 13.4. The zero-order valence-corrected chi connectivity index (χ0v) is 25.1. The Morgan fingerprint density at radius 2 is 1.79 bits per heavy atom. The summed E-state index contributed by atoms with van der Waals surface area (Å²) < 4.78 is 10.4. The molecule has 43 heavy (non-hydrogen) atoms. The number of hydrogen-bond acceptors (Lipinski definition) is 7. The van der Waals surface area contributed by atoms with E-state index >= 15 is 0 Å². The van der Waals surface area contributed by atoms with Crippen LogP contribution in [0.5, 0.6) is 5.88 Å². The fourth-order valence-corrected chi connectivity index (χ4v) is 4.63. The first-order valence-electron chi connectivity index (χ1n) is 13.7. The van der Waals surface area contributed by atoms with Gasteiger partial charge in [-0.25, -0.2) is 9.78 Å². The molecule has 0 radical (unpaired) electrons. The lowest BCUT2D eigenvalue weighted by atomic mass is 9.89. The van der Waals surface area contributed by atoms with Crippen molar-refractivity contribution >= 4 is 46.0 Å². The molecule has 10 nitrogen and oxygen atoms in total. The van der Waals surface area contributed by atoms with Crippen LogP contribution in [0.15, 0.2) is 71.7 Å². The number of nitrogens with zero attached hydrogens (tertiary/aromatic N) is 1. The van der Waals surface area contributed by atoms with E-state index in [-0.39, 0.29) is 34.4 Å². The number of aromatic amines is 1. The standard InChI is InChI=1S/C32H33ClN4O6/c1-32(2,3)43-31(41)34-13-12-20(19-8-6-5-7-9-19)16-27(38)21-10-11-24(33)26(15-21)37-30(40)23-14-22-18-35-28(42-4)17-25(22)36-29(23)39/h5-11,14-15,17-18,20H,12-13,16H2,1-4H3,(H,34,41)(H,36,39)(H,37,40). The molecule has 1 unspecified atom stereocenters. The molecule has 0 aliphatic carbocycles. The first kappa shape index (κ1) is 31.2. The number of ketones is 1. The SMILES string of the molecule is COc1cc2[nH]c(=O)c(C(=O)Nc3cc(C(=O)CC(CCNC(=O)OC(C)(C)C)c4ccccc4)ccc3Cl)cc2cn1. The fraction of sp³-hybridized carbons (Fsp3) is 0.281. The minimum absolute atomic E-state index is 0.145. The number of H-pyrrole nitrogens is 1. The van der Waals surface area contributed by atoms with E-state index in [4.69, 9.17) is 21.1 Å². The molecular formula is C32H33ClN4O6. The third-order valence-electron chi connectivity index (χ3n) is 6.56. The first-order chi connectivity index (χ1) is 20.4. The van der Waals surface area contributed by atoms with Gasteiger partial charge in [0, 0.05) is 36.2 Å². The number of rotatable bonds is 10. The lowest BCUT2D eigenvalue weighted by Crippen LogP contribution is -2.33. The molecule has 0 bridgehead atoms. The van der Waals surface area contributed by atoms with E-state index in [2.05, 4.69) is 20.6 Å². The molecule has 0 fully saturated rings. The number of Topliss-reactive ketones (excluding diaryl/α,β-unsaturated/α-hetero) is 1. The molecule has 4 rings (SSSR count). The normalized spacial score (nSPS) is 11.9. The molecule has 0 aliphatic rings. The number of methoxy groups -OCH3 is 1. The molecule has 0 aliphatic heterocycles. The number of ether oxygens (including phenoxy) is 2. The van der Waals surface area contributed by atoms with Crippen molar-refractivity contribution in [1.82, 2.24) is 15.3 Å². The van der Waals surface area contributed by atoms with Gasteiger partial charge in [0.15, 0.2) is 5.78 Å². The zero-order valence-electron chi connectivity index (χ0n) is 24.3. The third-order valence-corrected chi connectivity index (χ3v) is 6.89. The average Bonchev–Trinajstić information content (AvgIpc) is 2.96. The molecule has 2 heterocycles. The van der Waals surface area contributed by atoms with Crippen LogP contribution in [0.3, 0.4) is 0 Å². The summed E-state index contributed by atoms with van der Waals surface area (Å²) in [5.41, 5.74) is 0.576. The molecule has 4 aromatic rings. The monoisotopic (exact) mass is 604 g/mol. The molecule has 3 N–H and O–H groups in total. The van der Waals surface area contributed by atoms with Gasteiger partial charge in [-0.3, -0.25) is 14.4 Å². The molecule has 0 saturated carbocycles. The minimum atomic E-state index is -0.694. The van der Waals surface area contributed by atoms with Gasteiger partial charge in [0.1, 0.15) is 11.2 Å². The lowest BCUT2D eigenvalue weighted by Gasteiger charge is -2.21. The highest BCUT2D eigenvalue weighted by atomic mass is 35.5. The average molecular weight is 605 g/mol. The Kier molecular flexibility index (Phi) is 9.82. The molecule has 2 aromatic carbocycles. The molecule has 224 valence electrons. The van der Waals surface area contributed by atoms with Gasteiger partial charge in [-0.2, -0.15) is 0 Å². The third kappa shape index (κ3) is 8.42. The zero-order chi connectivity index (χ0) is 31.1. The predicted octanol–water partition coefficient (Wildman–Crippen LogP) is 6.11. The number of carbonyl (C=O) groups excluding carboxylic acids is 3. The predicted molar refractivity (Wildman–Crippen MR) is 165 cm³/mol. The van der Waals surface area contributed by atoms with Gasteiger partial charge in [-0.15, -0.1) is 0 Å². The second-order valence-electron chi connectivity index (χ2n) is 10.9. The number of alkyl carbamates (subject to hydrolysis) is 1. The Balaban J connectivity index is 1.49. The molecule has 1 atom stereocenters. The Morgan fingerprint density at radius 1 is 1.05 bits per heavy atom. The Labute approximate surface area is 253 Å².